The molecular weight excluding hydrogens is 428 g/mol. The van der Waals surface area contributed by atoms with Crippen LogP contribution in [-0.4, -0.2) is 63.2 Å². The Hall–Kier alpha value is -1.87. The van der Waals surface area contributed by atoms with Crippen LogP contribution in [0.4, 0.5) is 4.79 Å². The smallest absolute Gasteiger partial charge is 0.416 e. The van der Waals surface area contributed by atoms with E-state index in [1.54, 1.807) is 13.0 Å². The zero-order valence-corrected chi connectivity index (χ0v) is 20.2. The summed E-state index contributed by atoms with van der Waals surface area (Å²) in [5.41, 5.74) is 0.0705. The Morgan fingerprint density at radius 3 is 2.66 bits per heavy atom. The number of hydrogen-bond donors (Lipinski definition) is 1. The first kappa shape index (κ1) is 24.8. The number of carbonyl (C=O) groups excluding carboxylic acids is 1. The predicted molar refractivity (Wildman–Crippen MR) is 126 cm³/mol. The van der Waals surface area contributed by atoms with Crippen molar-refractivity contribution in [3.63, 3.8) is 0 Å². The summed E-state index contributed by atoms with van der Waals surface area (Å²) in [5, 5.41) is 10.8. The van der Waals surface area contributed by atoms with Gasteiger partial charge in [-0.2, -0.15) is 0 Å². The Labute approximate surface area is 194 Å². The second-order valence-electron chi connectivity index (χ2n) is 9.23. The van der Waals surface area contributed by atoms with Gasteiger partial charge in [0.2, 0.25) is 0 Å². The number of rotatable bonds is 6. The van der Waals surface area contributed by atoms with Crippen LogP contribution in [0.5, 0.6) is 0 Å². The van der Waals surface area contributed by atoms with Gasteiger partial charge in [-0.25, -0.2) is 4.79 Å². The molecule has 1 aromatic rings. The minimum Gasteiger partial charge on any atom is -0.443 e. The lowest BCUT2D eigenvalue weighted by Crippen LogP contribution is -2.54. The highest BCUT2D eigenvalue weighted by atomic mass is 32.2. The molecule has 0 saturated carbocycles. The Balaban J connectivity index is 1.84. The summed E-state index contributed by atoms with van der Waals surface area (Å²) in [7, 11) is 0. The highest BCUT2D eigenvalue weighted by Crippen LogP contribution is 2.42. The number of benzene rings is 1. The first-order valence-corrected chi connectivity index (χ1v) is 11.8. The lowest BCUT2D eigenvalue weighted by molar-refractivity contribution is -0.165. The van der Waals surface area contributed by atoms with Gasteiger partial charge in [0.1, 0.15) is 17.1 Å². The molecular formula is C24H34N2O5S. The van der Waals surface area contributed by atoms with Crippen molar-refractivity contribution in [2.45, 2.75) is 76.6 Å². The van der Waals surface area contributed by atoms with Crippen LogP contribution in [0.1, 0.15) is 40.2 Å². The van der Waals surface area contributed by atoms with Gasteiger partial charge in [0.25, 0.3) is 0 Å². The number of hydrogen-bond acceptors (Lipinski definition) is 7. The summed E-state index contributed by atoms with van der Waals surface area (Å²) >= 11 is 1.36. The Bertz CT molecular complexity index is 823. The largest absolute Gasteiger partial charge is 0.443 e. The molecule has 1 N–H and O–H groups in total. The fourth-order valence-electron chi connectivity index (χ4n) is 3.89. The molecule has 0 radical (unpaired) electrons. The van der Waals surface area contributed by atoms with E-state index in [4.69, 9.17) is 19.2 Å². The quantitative estimate of drug-likeness (QED) is 0.638. The van der Waals surface area contributed by atoms with Crippen molar-refractivity contribution in [2.75, 3.05) is 6.54 Å². The fourth-order valence-corrected chi connectivity index (χ4v) is 5.09. The van der Waals surface area contributed by atoms with Gasteiger partial charge in [0.15, 0.2) is 5.17 Å². The van der Waals surface area contributed by atoms with Gasteiger partial charge >= 0.3 is 6.09 Å². The van der Waals surface area contributed by atoms with Crippen molar-refractivity contribution >= 4 is 23.0 Å². The van der Waals surface area contributed by atoms with Crippen LogP contribution in [0.3, 0.4) is 0 Å². The van der Waals surface area contributed by atoms with Crippen molar-refractivity contribution in [3.8, 4) is 0 Å². The molecule has 8 heteroatoms. The second-order valence-corrected chi connectivity index (χ2v) is 10.3. The van der Waals surface area contributed by atoms with Crippen LogP contribution in [0.15, 0.2) is 48.0 Å². The molecule has 0 spiro atoms. The highest BCUT2D eigenvalue weighted by Gasteiger charge is 2.50. The maximum Gasteiger partial charge on any atom is 0.416 e. The summed E-state index contributed by atoms with van der Waals surface area (Å²) in [6.45, 7) is 13.7. The summed E-state index contributed by atoms with van der Waals surface area (Å²) in [5.74, 6) is -0.0851. The van der Waals surface area contributed by atoms with Gasteiger partial charge in [0, 0.05) is 12.5 Å². The Morgan fingerprint density at radius 2 is 2.06 bits per heavy atom. The van der Waals surface area contributed by atoms with E-state index < -0.39 is 23.9 Å². The van der Waals surface area contributed by atoms with Gasteiger partial charge in [-0.05, 0) is 33.3 Å². The van der Waals surface area contributed by atoms with E-state index in [0.717, 1.165) is 5.56 Å². The molecule has 1 saturated heterocycles. The topological polar surface area (TPSA) is 80.6 Å². The van der Waals surface area contributed by atoms with E-state index in [1.165, 1.54) is 16.7 Å². The van der Waals surface area contributed by atoms with Gasteiger partial charge in [-0.15, -0.1) is 6.58 Å². The molecule has 1 fully saturated rings. The number of thioether (sulfide) groups is 1. The third-order valence-electron chi connectivity index (χ3n) is 5.34. The molecule has 2 aliphatic rings. The summed E-state index contributed by atoms with van der Waals surface area (Å²) in [4.78, 5) is 19.1. The van der Waals surface area contributed by atoms with Crippen LogP contribution in [0, 0.1) is 5.92 Å². The molecule has 1 aromatic carbocycles. The molecule has 176 valence electrons. The van der Waals surface area contributed by atoms with E-state index in [0.29, 0.717) is 11.8 Å². The van der Waals surface area contributed by atoms with Crippen molar-refractivity contribution in [2.24, 2.45) is 10.9 Å². The Kier molecular flexibility index (Phi) is 8.03. The van der Waals surface area contributed by atoms with Crippen molar-refractivity contribution in [1.82, 2.24) is 4.90 Å². The van der Waals surface area contributed by atoms with Crippen molar-refractivity contribution in [3.05, 3.63) is 48.6 Å². The standard InChI is InChI=1S/C24H34N2O5S/c1-7-13-26(23(28)31-24(4,5)6)22-25-18-20(29-14-17-11-9-8-10-12-17)15(2)19(16(3)27)30-21(18)32-22/h7-12,15-16,18-21,27H,1,13-14H2,2-6H3/t15-,16?,18-,19+,20+,21-/m1/s1. The van der Waals surface area contributed by atoms with Crippen LogP contribution >= 0.6 is 11.8 Å². The average molecular weight is 463 g/mol. The summed E-state index contributed by atoms with van der Waals surface area (Å²) in [6.07, 6.45) is -0.172. The zero-order valence-electron chi connectivity index (χ0n) is 19.4. The SMILES string of the molecule is C=CCN(C(=O)OC(C)(C)C)C1=N[C@@H]2[C@@H](OCc3ccccc3)[C@H](C)[C@@H](C(C)O)O[C@@H]2S1. The fraction of sp³-hybridized carbons (Fsp3) is 0.583. The first-order chi connectivity index (χ1) is 15.1. The van der Waals surface area contributed by atoms with Gasteiger partial charge in [-0.1, -0.05) is 55.1 Å². The number of aliphatic hydroxyl groups excluding tert-OH is 1. The van der Waals surface area contributed by atoms with Gasteiger partial charge in [0.05, 0.1) is 24.9 Å². The van der Waals surface area contributed by atoms with Crippen LogP contribution in [0.25, 0.3) is 0 Å². The van der Waals surface area contributed by atoms with E-state index in [2.05, 4.69) is 6.58 Å². The molecule has 2 aliphatic heterocycles. The molecule has 32 heavy (non-hydrogen) atoms. The van der Waals surface area contributed by atoms with E-state index in [9.17, 15) is 9.90 Å². The average Bonchev–Trinajstić information content (AvgIpc) is 3.13. The van der Waals surface area contributed by atoms with Crippen LogP contribution in [-0.2, 0) is 20.8 Å². The number of nitrogens with zero attached hydrogens (tertiary/aromatic N) is 2. The number of fused-ring (bicyclic) bond motifs is 1. The number of ether oxygens (including phenoxy) is 3. The summed E-state index contributed by atoms with van der Waals surface area (Å²) in [6, 6.07) is 9.64. The van der Waals surface area contributed by atoms with E-state index in [1.807, 2.05) is 58.0 Å². The first-order valence-electron chi connectivity index (χ1n) is 11.0. The third-order valence-corrected chi connectivity index (χ3v) is 6.50. The van der Waals surface area contributed by atoms with Crippen molar-refractivity contribution < 1.29 is 24.1 Å². The van der Waals surface area contributed by atoms with Crippen molar-refractivity contribution in [1.29, 1.82) is 0 Å². The molecule has 0 aliphatic carbocycles. The van der Waals surface area contributed by atoms with E-state index in [-0.39, 0.29) is 30.0 Å². The highest BCUT2D eigenvalue weighted by molar-refractivity contribution is 8.14. The molecule has 0 bridgehead atoms. The van der Waals surface area contributed by atoms with E-state index >= 15 is 0 Å². The number of aliphatic imine (C=N–C) groups is 1. The minimum absolute atomic E-state index is 0.0851. The molecule has 1 amide bonds. The molecule has 2 heterocycles. The van der Waals surface area contributed by atoms with Crippen LogP contribution in [0.2, 0.25) is 0 Å². The minimum atomic E-state index is -0.659. The molecule has 6 atom stereocenters. The summed E-state index contributed by atoms with van der Waals surface area (Å²) < 4.78 is 18.1. The number of aliphatic hydroxyl groups is 1. The lowest BCUT2D eigenvalue weighted by Gasteiger charge is -2.42. The zero-order chi connectivity index (χ0) is 23.5. The number of carbonyl (C=O) groups is 1. The lowest BCUT2D eigenvalue weighted by atomic mass is 9.87. The van der Waals surface area contributed by atoms with Gasteiger partial charge < -0.3 is 19.3 Å². The van der Waals surface area contributed by atoms with Gasteiger partial charge in [-0.3, -0.25) is 9.89 Å². The molecule has 3 rings (SSSR count). The second kappa shape index (κ2) is 10.4. The molecule has 0 aromatic heterocycles. The maximum absolute atomic E-state index is 12.8. The number of amides is 1. The number of amidine groups is 1. The monoisotopic (exact) mass is 462 g/mol. The molecule has 7 nitrogen and oxygen atoms in total. The Morgan fingerprint density at radius 1 is 1.38 bits per heavy atom. The third kappa shape index (κ3) is 5.92. The molecule has 1 unspecified atom stereocenters. The maximum atomic E-state index is 12.8. The predicted octanol–water partition coefficient (Wildman–Crippen LogP) is 4.21. The normalized spacial score (nSPS) is 28.4. The van der Waals surface area contributed by atoms with Crippen LogP contribution < -0.4 is 0 Å².